The molecule has 2 aromatic rings. The molecule has 0 heterocycles. The number of hydrogen-bond donors (Lipinski definition) is 0. The molecule has 4 aliphatic carbocycles. The Morgan fingerprint density at radius 3 is 1.21 bits per heavy atom. The standard InChI is InChI=1S/C27H35F3.C25H31F3/c1-2-3-4-7-20-10-12-21(13-11-20)8-5-6-9-22-14-16-23(17-15-22)24-18-25(28)27(30)26(29)19-24;1-2-5-18-8-10-19(11-9-18)6-3-4-7-20-12-14-21(15-13-20)22-16-23(26)25(28)24(27)17-22/h5,8,18-23H,2-4,7,10-17H2,1H3;3,6,16-21H,2,5,8-15H2,1H3. The highest BCUT2D eigenvalue weighted by Gasteiger charge is 2.25. The van der Waals surface area contributed by atoms with Gasteiger partial charge in [-0.2, -0.15) is 0 Å². The number of unbranched alkanes of at least 4 members (excludes halogenated alkanes) is 2. The molecule has 0 bridgehead atoms. The van der Waals surface area contributed by atoms with Gasteiger partial charge in [0.05, 0.1) is 0 Å². The molecule has 0 aliphatic heterocycles. The number of benzene rings is 2. The molecular formula is C52H66F6. The molecule has 6 heteroatoms. The van der Waals surface area contributed by atoms with Gasteiger partial charge in [-0.3, -0.25) is 0 Å². The summed E-state index contributed by atoms with van der Waals surface area (Å²) in [6.07, 6.45) is 34.5. The monoisotopic (exact) mass is 805 g/mol. The molecule has 58 heavy (non-hydrogen) atoms. The van der Waals surface area contributed by atoms with Crippen LogP contribution in [0.1, 0.15) is 178 Å². The van der Waals surface area contributed by atoms with E-state index >= 15 is 0 Å². The van der Waals surface area contributed by atoms with Crippen LogP contribution in [-0.4, -0.2) is 0 Å². The van der Waals surface area contributed by atoms with Gasteiger partial charge in [0.25, 0.3) is 0 Å². The van der Waals surface area contributed by atoms with Crippen LogP contribution in [0.4, 0.5) is 26.3 Å². The molecule has 0 radical (unpaired) electrons. The van der Waals surface area contributed by atoms with E-state index in [4.69, 9.17) is 0 Å². The van der Waals surface area contributed by atoms with E-state index < -0.39 is 34.9 Å². The van der Waals surface area contributed by atoms with Crippen molar-refractivity contribution in [3.8, 4) is 23.7 Å². The van der Waals surface area contributed by atoms with Gasteiger partial charge in [-0.25, -0.2) is 26.3 Å². The van der Waals surface area contributed by atoms with Crippen molar-refractivity contribution in [1.29, 1.82) is 0 Å². The van der Waals surface area contributed by atoms with E-state index in [-0.39, 0.29) is 11.8 Å². The van der Waals surface area contributed by atoms with Crippen molar-refractivity contribution in [2.45, 2.75) is 167 Å². The second-order valence-electron chi connectivity index (χ2n) is 17.8. The number of allylic oxidation sites excluding steroid dienone is 4. The van der Waals surface area contributed by atoms with Crippen LogP contribution in [0, 0.1) is 94.1 Å². The molecule has 0 nitrogen and oxygen atoms in total. The molecule has 6 rings (SSSR count). The molecule has 4 fully saturated rings. The van der Waals surface area contributed by atoms with Crippen molar-refractivity contribution < 1.29 is 26.3 Å². The summed E-state index contributed by atoms with van der Waals surface area (Å²) in [6.45, 7) is 4.54. The van der Waals surface area contributed by atoms with Gasteiger partial charge in [-0.1, -0.05) is 88.2 Å². The lowest BCUT2D eigenvalue weighted by Crippen LogP contribution is -2.13. The van der Waals surface area contributed by atoms with Crippen LogP contribution in [0.25, 0.3) is 0 Å². The van der Waals surface area contributed by atoms with Crippen molar-refractivity contribution in [1.82, 2.24) is 0 Å². The Balaban J connectivity index is 0.000000221. The fraction of sp³-hybridized carbons (Fsp3) is 0.615. The molecule has 0 saturated heterocycles. The van der Waals surface area contributed by atoms with Gasteiger partial charge in [0, 0.05) is 11.8 Å². The first-order valence-corrected chi connectivity index (χ1v) is 22.8. The predicted molar refractivity (Wildman–Crippen MR) is 226 cm³/mol. The van der Waals surface area contributed by atoms with Crippen LogP contribution >= 0.6 is 0 Å². The molecule has 0 N–H and O–H groups in total. The lowest BCUT2D eigenvalue weighted by Gasteiger charge is -2.26. The minimum atomic E-state index is -1.38. The van der Waals surface area contributed by atoms with E-state index in [2.05, 4.69) is 49.7 Å². The van der Waals surface area contributed by atoms with Crippen LogP contribution in [0.3, 0.4) is 0 Å². The number of hydrogen-bond acceptors (Lipinski definition) is 0. The Bertz CT molecular complexity index is 1690. The predicted octanol–water partition coefficient (Wildman–Crippen LogP) is 15.9. The van der Waals surface area contributed by atoms with Gasteiger partial charge in [0.2, 0.25) is 0 Å². The third kappa shape index (κ3) is 14.4. The van der Waals surface area contributed by atoms with E-state index in [1.165, 1.54) is 89.9 Å². The molecule has 0 aromatic heterocycles. The normalized spacial score (nSPS) is 27.6. The molecule has 2 aromatic carbocycles. The molecular weight excluding hydrogens is 739 g/mol. The zero-order valence-corrected chi connectivity index (χ0v) is 35.1. The zero-order valence-electron chi connectivity index (χ0n) is 35.1. The average Bonchev–Trinajstić information content (AvgIpc) is 3.24. The Kier molecular flexibility index (Phi) is 18.9. The number of halogens is 6. The van der Waals surface area contributed by atoms with Gasteiger partial charge in [0.1, 0.15) is 0 Å². The lowest BCUT2D eigenvalue weighted by atomic mass is 9.79. The minimum absolute atomic E-state index is 0.0932. The average molecular weight is 805 g/mol. The maximum absolute atomic E-state index is 13.5. The van der Waals surface area contributed by atoms with Gasteiger partial charge in [0.15, 0.2) is 34.9 Å². The van der Waals surface area contributed by atoms with Crippen molar-refractivity contribution in [2.24, 2.45) is 35.5 Å². The fourth-order valence-electron chi connectivity index (χ4n) is 9.89. The minimum Gasteiger partial charge on any atom is -0.204 e. The Hall–Kier alpha value is -3.38. The van der Waals surface area contributed by atoms with E-state index in [0.717, 1.165) is 87.5 Å². The maximum atomic E-state index is 13.5. The maximum Gasteiger partial charge on any atom is 0.194 e. The van der Waals surface area contributed by atoms with Crippen molar-refractivity contribution >= 4 is 0 Å². The van der Waals surface area contributed by atoms with E-state index in [0.29, 0.717) is 34.8 Å². The van der Waals surface area contributed by atoms with Crippen molar-refractivity contribution in [2.75, 3.05) is 0 Å². The highest BCUT2D eigenvalue weighted by atomic mass is 19.2. The summed E-state index contributed by atoms with van der Waals surface area (Å²) in [7, 11) is 0. The van der Waals surface area contributed by atoms with Crippen LogP contribution in [0.2, 0.25) is 0 Å². The van der Waals surface area contributed by atoms with Crippen LogP contribution in [0.15, 0.2) is 48.6 Å². The Morgan fingerprint density at radius 2 is 0.845 bits per heavy atom. The first-order chi connectivity index (χ1) is 28.1. The van der Waals surface area contributed by atoms with Gasteiger partial charge >= 0.3 is 0 Å². The highest BCUT2D eigenvalue weighted by molar-refractivity contribution is 5.26. The summed E-state index contributed by atoms with van der Waals surface area (Å²) in [4.78, 5) is 0. The highest BCUT2D eigenvalue weighted by Crippen LogP contribution is 2.38. The van der Waals surface area contributed by atoms with Crippen LogP contribution in [-0.2, 0) is 0 Å². The molecule has 0 spiro atoms. The molecule has 4 aliphatic rings. The molecule has 4 saturated carbocycles. The second-order valence-corrected chi connectivity index (χ2v) is 17.8. The number of rotatable bonds is 10. The van der Waals surface area contributed by atoms with Crippen molar-refractivity contribution in [3.05, 3.63) is 94.6 Å². The summed E-state index contributed by atoms with van der Waals surface area (Å²) < 4.78 is 80.1. The quantitative estimate of drug-likeness (QED) is 0.0971. The van der Waals surface area contributed by atoms with Gasteiger partial charge in [-0.05, 0) is 186 Å². The van der Waals surface area contributed by atoms with Gasteiger partial charge < -0.3 is 0 Å². The summed E-state index contributed by atoms with van der Waals surface area (Å²) in [5.41, 5.74) is 1.14. The topological polar surface area (TPSA) is 0 Å². The van der Waals surface area contributed by atoms with E-state index in [1.807, 2.05) is 12.2 Å². The summed E-state index contributed by atoms with van der Waals surface area (Å²) in [6, 6.07) is 4.59. The SMILES string of the molecule is CCCC1CCC(C=CC#CC2CCC(c3cc(F)c(F)c(F)c3)CC2)CC1.CCCCCC1CCC(C=CC#CC2CCC(c3cc(F)c(F)c(F)c3)CC2)CC1. The summed E-state index contributed by atoms with van der Waals surface area (Å²) >= 11 is 0. The molecule has 0 atom stereocenters. The third-order valence-corrected chi connectivity index (χ3v) is 13.6. The third-order valence-electron chi connectivity index (χ3n) is 13.6. The molecule has 0 unspecified atom stereocenters. The lowest BCUT2D eigenvalue weighted by molar-refractivity contribution is 0.289. The zero-order chi connectivity index (χ0) is 41.3. The Labute approximate surface area is 346 Å². The second kappa shape index (κ2) is 24.0. The summed E-state index contributed by atoms with van der Waals surface area (Å²) in [5.74, 6) is 10.1. The van der Waals surface area contributed by atoms with Crippen LogP contribution in [0.5, 0.6) is 0 Å². The summed E-state index contributed by atoms with van der Waals surface area (Å²) in [5, 5.41) is 0. The fourth-order valence-corrected chi connectivity index (χ4v) is 9.89. The van der Waals surface area contributed by atoms with E-state index in [1.54, 1.807) is 0 Å². The molecule has 316 valence electrons. The molecule has 0 amide bonds. The first-order valence-electron chi connectivity index (χ1n) is 22.8. The van der Waals surface area contributed by atoms with Gasteiger partial charge in [-0.15, -0.1) is 0 Å². The van der Waals surface area contributed by atoms with Crippen molar-refractivity contribution in [3.63, 3.8) is 0 Å². The van der Waals surface area contributed by atoms with Crippen LogP contribution < -0.4 is 0 Å². The largest absolute Gasteiger partial charge is 0.204 e. The smallest absolute Gasteiger partial charge is 0.194 e. The first kappa shape index (κ1) is 45.7. The van der Waals surface area contributed by atoms with E-state index in [9.17, 15) is 26.3 Å². The Morgan fingerprint density at radius 1 is 0.466 bits per heavy atom.